The topological polar surface area (TPSA) is 42.5 Å². The van der Waals surface area contributed by atoms with Gasteiger partial charge in [-0.15, -0.1) is 0 Å². The summed E-state index contributed by atoms with van der Waals surface area (Å²) in [6.45, 7) is 6.08. The Balaban J connectivity index is 1.18. The SMILES string of the molecule is CCOC(CNCCCCCSNCc1ccc(F)c(OCCC2CC2)c1)=C1CCC1. The van der Waals surface area contributed by atoms with Gasteiger partial charge in [0, 0.05) is 12.3 Å². The number of halogens is 1. The molecule has 3 rings (SSSR count). The molecule has 1 aromatic carbocycles. The van der Waals surface area contributed by atoms with Gasteiger partial charge in [0.1, 0.15) is 5.76 Å². The average Bonchev–Trinajstić information content (AvgIpc) is 3.54. The van der Waals surface area contributed by atoms with Crippen molar-refractivity contribution in [3.63, 3.8) is 0 Å². The second kappa shape index (κ2) is 14.0. The van der Waals surface area contributed by atoms with Crippen LogP contribution in [0.2, 0.25) is 0 Å². The van der Waals surface area contributed by atoms with Crippen LogP contribution in [0.5, 0.6) is 5.75 Å². The van der Waals surface area contributed by atoms with Crippen LogP contribution < -0.4 is 14.8 Å². The molecule has 2 aliphatic carbocycles. The molecule has 31 heavy (non-hydrogen) atoms. The smallest absolute Gasteiger partial charge is 0.165 e. The van der Waals surface area contributed by atoms with Crippen LogP contribution in [0, 0.1) is 11.7 Å². The molecule has 2 aliphatic rings. The van der Waals surface area contributed by atoms with Crippen LogP contribution in [0.25, 0.3) is 0 Å². The minimum atomic E-state index is -0.266. The van der Waals surface area contributed by atoms with Crippen LogP contribution in [-0.2, 0) is 11.3 Å². The Kier molecular flexibility index (Phi) is 11.0. The maximum absolute atomic E-state index is 13.9. The number of nitrogens with one attached hydrogen (secondary N) is 2. The molecular formula is C25H39FN2O2S. The van der Waals surface area contributed by atoms with Gasteiger partial charge in [0.2, 0.25) is 0 Å². The molecule has 2 saturated carbocycles. The third-order valence-corrected chi connectivity index (χ3v) is 6.75. The Labute approximate surface area is 191 Å². The molecule has 0 saturated heterocycles. The van der Waals surface area contributed by atoms with Gasteiger partial charge in [-0.1, -0.05) is 37.3 Å². The molecular weight excluding hydrogens is 411 g/mol. The molecule has 0 aliphatic heterocycles. The monoisotopic (exact) mass is 450 g/mol. The summed E-state index contributed by atoms with van der Waals surface area (Å²) in [7, 11) is 0. The minimum absolute atomic E-state index is 0.266. The van der Waals surface area contributed by atoms with Gasteiger partial charge in [0.05, 0.1) is 19.8 Å². The normalized spacial score (nSPS) is 15.6. The summed E-state index contributed by atoms with van der Waals surface area (Å²) in [5, 5.41) is 3.53. The van der Waals surface area contributed by atoms with Crippen molar-refractivity contribution in [1.82, 2.24) is 10.0 Å². The Bertz CT molecular complexity index is 688. The van der Waals surface area contributed by atoms with Crippen molar-refractivity contribution in [3.05, 3.63) is 40.9 Å². The summed E-state index contributed by atoms with van der Waals surface area (Å²) in [6, 6.07) is 5.17. The van der Waals surface area contributed by atoms with E-state index in [2.05, 4.69) is 17.0 Å². The van der Waals surface area contributed by atoms with E-state index in [0.717, 1.165) is 49.9 Å². The Morgan fingerprint density at radius 1 is 1.19 bits per heavy atom. The maximum atomic E-state index is 13.9. The van der Waals surface area contributed by atoms with E-state index in [1.54, 1.807) is 11.9 Å². The van der Waals surface area contributed by atoms with E-state index in [-0.39, 0.29) is 5.82 Å². The van der Waals surface area contributed by atoms with Crippen LogP contribution in [0.4, 0.5) is 4.39 Å². The number of benzene rings is 1. The van der Waals surface area contributed by atoms with Crippen LogP contribution in [0.1, 0.15) is 70.3 Å². The predicted octanol–water partition coefficient (Wildman–Crippen LogP) is 5.98. The lowest BCUT2D eigenvalue weighted by Crippen LogP contribution is -2.22. The molecule has 2 fully saturated rings. The quantitative estimate of drug-likeness (QED) is 0.174. The molecule has 0 atom stereocenters. The molecule has 2 N–H and O–H groups in total. The summed E-state index contributed by atoms with van der Waals surface area (Å²) >= 11 is 1.75. The van der Waals surface area contributed by atoms with Crippen LogP contribution in [0.3, 0.4) is 0 Å². The minimum Gasteiger partial charge on any atom is -0.497 e. The molecule has 0 spiro atoms. The number of unbranched alkanes of at least 4 members (excludes halogenated alkanes) is 2. The maximum Gasteiger partial charge on any atom is 0.165 e. The van der Waals surface area contributed by atoms with Gasteiger partial charge in [0.15, 0.2) is 11.6 Å². The van der Waals surface area contributed by atoms with E-state index >= 15 is 0 Å². The molecule has 0 aromatic heterocycles. The molecule has 0 amide bonds. The Morgan fingerprint density at radius 2 is 2.06 bits per heavy atom. The highest BCUT2D eigenvalue weighted by Gasteiger charge is 2.21. The highest BCUT2D eigenvalue weighted by atomic mass is 32.2. The van der Waals surface area contributed by atoms with Crippen molar-refractivity contribution in [2.75, 3.05) is 32.1 Å². The highest BCUT2D eigenvalue weighted by molar-refractivity contribution is 7.97. The van der Waals surface area contributed by atoms with E-state index in [4.69, 9.17) is 9.47 Å². The second-order valence-electron chi connectivity index (χ2n) is 8.57. The number of hydrogen-bond donors (Lipinski definition) is 2. The molecule has 0 radical (unpaired) electrons. The zero-order chi connectivity index (χ0) is 21.7. The molecule has 6 heteroatoms. The number of allylic oxidation sites excluding steroid dienone is 1. The van der Waals surface area contributed by atoms with Crippen molar-refractivity contribution in [2.24, 2.45) is 5.92 Å². The number of hydrogen-bond acceptors (Lipinski definition) is 5. The Hall–Kier alpha value is -1.24. The van der Waals surface area contributed by atoms with Crippen molar-refractivity contribution in [2.45, 2.75) is 71.3 Å². The van der Waals surface area contributed by atoms with Gasteiger partial charge in [-0.05, 0) is 81.2 Å². The first-order valence-corrected chi connectivity index (χ1v) is 13.0. The van der Waals surface area contributed by atoms with Gasteiger partial charge in [-0.2, -0.15) is 0 Å². The first-order chi connectivity index (χ1) is 15.3. The summed E-state index contributed by atoms with van der Waals surface area (Å²) < 4.78 is 28.7. The van der Waals surface area contributed by atoms with Crippen molar-refractivity contribution >= 4 is 11.9 Å². The van der Waals surface area contributed by atoms with Crippen LogP contribution in [-0.4, -0.2) is 32.1 Å². The molecule has 0 heterocycles. The fraction of sp³-hybridized carbons (Fsp3) is 0.680. The molecule has 0 unspecified atom stereocenters. The van der Waals surface area contributed by atoms with Gasteiger partial charge < -0.3 is 14.8 Å². The second-order valence-corrected chi connectivity index (χ2v) is 9.55. The third-order valence-electron chi connectivity index (χ3n) is 5.91. The summed E-state index contributed by atoms with van der Waals surface area (Å²) in [6.07, 6.45) is 11.0. The van der Waals surface area contributed by atoms with E-state index < -0.39 is 0 Å². The van der Waals surface area contributed by atoms with Crippen molar-refractivity contribution in [1.29, 1.82) is 0 Å². The zero-order valence-corrected chi connectivity index (χ0v) is 19.8. The van der Waals surface area contributed by atoms with Gasteiger partial charge in [0.25, 0.3) is 0 Å². The molecule has 4 nitrogen and oxygen atoms in total. The Morgan fingerprint density at radius 3 is 2.81 bits per heavy atom. The highest BCUT2D eigenvalue weighted by Crippen LogP contribution is 2.32. The fourth-order valence-electron chi connectivity index (χ4n) is 3.60. The van der Waals surface area contributed by atoms with Crippen LogP contribution in [0.15, 0.2) is 29.5 Å². The van der Waals surface area contributed by atoms with E-state index in [0.29, 0.717) is 12.4 Å². The summed E-state index contributed by atoms with van der Waals surface area (Å²) in [5.74, 6) is 3.19. The number of rotatable bonds is 17. The molecule has 0 bridgehead atoms. The average molecular weight is 451 g/mol. The lowest BCUT2D eigenvalue weighted by molar-refractivity contribution is 0.211. The van der Waals surface area contributed by atoms with E-state index in [9.17, 15) is 4.39 Å². The largest absolute Gasteiger partial charge is 0.497 e. The van der Waals surface area contributed by atoms with E-state index in [1.807, 2.05) is 12.1 Å². The van der Waals surface area contributed by atoms with E-state index in [1.165, 1.54) is 68.8 Å². The fourth-order valence-corrected chi connectivity index (χ4v) is 4.37. The first kappa shape index (κ1) is 24.4. The van der Waals surface area contributed by atoms with Gasteiger partial charge in [-0.25, -0.2) is 4.39 Å². The van der Waals surface area contributed by atoms with Crippen molar-refractivity contribution in [3.8, 4) is 5.75 Å². The number of ether oxygens (including phenoxy) is 2. The van der Waals surface area contributed by atoms with Crippen molar-refractivity contribution < 1.29 is 13.9 Å². The predicted molar refractivity (Wildman–Crippen MR) is 128 cm³/mol. The molecule has 1 aromatic rings. The standard InChI is InChI=1S/C25H39FN2O2S/c1-2-29-25(22-7-6-8-22)19-27-14-4-3-5-16-31-28-18-21-11-12-23(26)24(17-21)30-15-13-20-9-10-20/h11-12,17,20,27-28H,2-10,13-16,18-19H2,1H3. The third kappa shape index (κ3) is 9.42. The van der Waals surface area contributed by atoms with Crippen LogP contribution >= 0.6 is 11.9 Å². The summed E-state index contributed by atoms with van der Waals surface area (Å²) in [4.78, 5) is 0. The zero-order valence-electron chi connectivity index (χ0n) is 19.0. The first-order valence-electron chi connectivity index (χ1n) is 12.1. The van der Waals surface area contributed by atoms with Gasteiger partial charge >= 0.3 is 0 Å². The lowest BCUT2D eigenvalue weighted by Gasteiger charge is -2.22. The summed E-state index contributed by atoms with van der Waals surface area (Å²) in [5.41, 5.74) is 2.57. The molecule has 174 valence electrons. The van der Waals surface area contributed by atoms with Gasteiger partial charge in [-0.3, -0.25) is 4.72 Å². The lowest BCUT2D eigenvalue weighted by atomic mass is 9.91.